The second kappa shape index (κ2) is 10.4. The quantitative estimate of drug-likeness (QED) is 0.194. The molecule has 0 heterocycles. The van der Waals surface area contributed by atoms with E-state index in [0.29, 0.717) is 27.3 Å². The lowest BCUT2D eigenvalue weighted by atomic mass is 10.1. The van der Waals surface area contributed by atoms with Gasteiger partial charge in [0.1, 0.15) is 17.2 Å². The minimum Gasteiger partial charge on any atom is -0.496 e. The molecule has 0 fully saturated rings. The van der Waals surface area contributed by atoms with E-state index in [1.807, 2.05) is 18.2 Å². The van der Waals surface area contributed by atoms with Gasteiger partial charge in [-0.25, -0.2) is 4.79 Å². The van der Waals surface area contributed by atoms with Crippen LogP contribution in [-0.4, -0.2) is 25.5 Å². The largest absolute Gasteiger partial charge is 0.496 e. The first-order valence-electron chi connectivity index (χ1n) is 9.10. The number of hydrogen-bond acceptors (Lipinski definition) is 5. The maximum atomic E-state index is 12.4. The highest BCUT2D eigenvalue weighted by Gasteiger charge is 2.11. The summed E-state index contributed by atoms with van der Waals surface area (Å²) in [5, 5.41) is 0. The molecule has 0 radical (unpaired) electrons. The van der Waals surface area contributed by atoms with E-state index >= 15 is 0 Å². The summed E-state index contributed by atoms with van der Waals surface area (Å²) in [6.07, 6.45) is 3.16. The Morgan fingerprint density at radius 3 is 2.40 bits per heavy atom. The summed E-state index contributed by atoms with van der Waals surface area (Å²) in [5.74, 6) is 0.790. The van der Waals surface area contributed by atoms with E-state index in [2.05, 4.69) is 15.9 Å². The molecule has 3 aromatic rings. The number of benzene rings is 3. The van der Waals surface area contributed by atoms with E-state index < -0.39 is 5.97 Å². The summed E-state index contributed by atoms with van der Waals surface area (Å²) in [5.41, 5.74) is 1.25. The first kappa shape index (κ1) is 21.3. The van der Waals surface area contributed by atoms with Gasteiger partial charge in [0.05, 0.1) is 17.1 Å². The molecule has 0 unspecified atom stereocenters. The molecule has 0 amide bonds. The van der Waals surface area contributed by atoms with E-state index in [-0.39, 0.29) is 12.4 Å². The Morgan fingerprint density at radius 2 is 1.67 bits per heavy atom. The van der Waals surface area contributed by atoms with Crippen LogP contribution in [0.3, 0.4) is 0 Å². The molecule has 0 N–H and O–H groups in total. The molecule has 0 spiro atoms. The lowest BCUT2D eigenvalue weighted by Gasteiger charge is -2.08. The van der Waals surface area contributed by atoms with Gasteiger partial charge in [0.15, 0.2) is 12.4 Å². The van der Waals surface area contributed by atoms with E-state index in [0.717, 1.165) is 5.56 Å². The number of para-hydroxylation sites is 2. The molecule has 6 heteroatoms. The Morgan fingerprint density at radius 1 is 0.933 bits per heavy atom. The van der Waals surface area contributed by atoms with Gasteiger partial charge in [-0.05, 0) is 64.0 Å². The Labute approximate surface area is 183 Å². The molecule has 0 aliphatic heterocycles. The lowest BCUT2D eigenvalue weighted by Crippen LogP contribution is -2.17. The zero-order chi connectivity index (χ0) is 21.3. The van der Waals surface area contributed by atoms with Crippen LogP contribution in [0, 0.1) is 0 Å². The van der Waals surface area contributed by atoms with Crippen molar-refractivity contribution in [1.82, 2.24) is 0 Å². The number of methoxy groups -OCH3 is 1. The molecule has 3 aromatic carbocycles. The van der Waals surface area contributed by atoms with E-state index in [9.17, 15) is 9.59 Å². The number of esters is 1. The van der Waals surface area contributed by atoms with Crippen molar-refractivity contribution in [1.29, 1.82) is 0 Å². The third kappa shape index (κ3) is 5.81. The minimum atomic E-state index is -0.519. The lowest BCUT2D eigenvalue weighted by molar-refractivity contribution is -0.136. The van der Waals surface area contributed by atoms with Crippen molar-refractivity contribution in [2.24, 2.45) is 0 Å². The number of ketones is 1. The fourth-order valence-electron chi connectivity index (χ4n) is 2.62. The summed E-state index contributed by atoms with van der Waals surface area (Å²) in [6.45, 7) is -0.203. The van der Waals surface area contributed by atoms with Crippen molar-refractivity contribution in [3.63, 3.8) is 0 Å². The number of carbonyl (C=O) groups is 2. The van der Waals surface area contributed by atoms with Crippen LogP contribution in [0.2, 0.25) is 0 Å². The second-order valence-corrected chi connectivity index (χ2v) is 7.02. The van der Waals surface area contributed by atoms with Crippen molar-refractivity contribution < 1.29 is 23.8 Å². The number of ether oxygens (including phenoxy) is 3. The zero-order valence-electron chi connectivity index (χ0n) is 16.2. The van der Waals surface area contributed by atoms with E-state index in [4.69, 9.17) is 14.2 Å². The van der Waals surface area contributed by atoms with Crippen LogP contribution in [0.4, 0.5) is 0 Å². The third-order valence-corrected chi connectivity index (χ3v) is 4.70. The average molecular weight is 467 g/mol. The van der Waals surface area contributed by atoms with Crippen LogP contribution in [0.25, 0.3) is 6.08 Å². The first-order valence-corrected chi connectivity index (χ1v) is 9.89. The van der Waals surface area contributed by atoms with Gasteiger partial charge in [-0.2, -0.15) is 0 Å². The van der Waals surface area contributed by atoms with Gasteiger partial charge >= 0.3 is 5.97 Å². The summed E-state index contributed by atoms with van der Waals surface area (Å²) in [6, 6.07) is 21.2. The molecule has 0 atom stereocenters. The standard InChI is InChI=1S/C24H19BrO5/c1-28-22-10-6-5-9-19(22)21(26)13-11-17-12-14-23(20(25)15-17)30-24(27)16-29-18-7-3-2-4-8-18/h2-15H,16H2,1H3. The number of carbonyl (C=O) groups excluding carboxylic acids is 2. The zero-order valence-corrected chi connectivity index (χ0v) is 17.8. The second-order valence-electron chi connectivity index (χ2n) is 6.16. The van der Waals surface area contributed by atoms with Gasteiger partial charge in [0, 0.05) is 0 Å². The molecule has 0 aliphatic carbocycles. The molecule has 0 aliphatic rings. The van der Waals surface area contributed by atoms with Gasteiger partial charge in [-0.3, -0.25) is 4.79 Å². The van der Waals surface area contributed by atoms with Crippen LogP contribution in [-0.2, 0) is 4.79 Å². The number of allylic oxidation sites excluding steroid dienone is 1. The van der Waals surface area contributed by atoms with E-state index in [1.54, 1.807) is 60.7 Å². The Kier molecular flexibility index (Phi) is 7.40. The number of rotatable bonds is 8. The predicted octanol–water partition coefficient (Wildman–Crippen LogP) is 5.34. The molecule has 0 saturated carbocycles. The predicted molar refractivity (Wildman–Crippen MR) is 118 cm³/mol. The summed E-state index contributed by atoms with van der Waals surface area (Å²) in [7, 11) is 1.53. The normalized spacial score (nSPS) is 10.6. The number of hydrogen-bond donors (Lipinski definition) is 0. The maximum Gasteiger partial charge on any atom is 0.349 e. The van der Waals surface area contributed by atoms with Crippen molar-refractivity contribution >= 4 is 33.8 Å². The molecule has 0 saturated heterocycles. The monoisotopic (exact) mass is 466 g/mol. The Bertz CT molecular complexity index is 1060. The maximum absolute atomic E-state index is 12.4. The summed E-state index contributed by atoms with van der Waals surface area (Å²) in [4.78, 5) is 24.4. The first-order chi connectivity index (χ1) is 14.6. The van der Waals surface area contributed by atoms with Gasteiger partial charge in [0.25, 0.3) is 0 Å². The van der Waals surface area contributed by atoms with Crippen LogP contribution < -0.4 is 14.2 Å². The average Bonchev–Trinajstić information content (AvgIpc) is 2.78. The third-order valence-electron chi connectivity index (χ3n) is 4.08. The van der Waals surface area contributed by atoms with Crippen molar-refractivity contribution in [3.05, 3.63) is 94.5 Å². The highest BCUT2D eigenvalue weighted by Crippen LogP contribution is 2.27. The SMILES string of the molecule is COc1ccccc1C(=O)C=Cc1ccc(OC(=O)COc2ccccc2)c(Br)c1. The minimum absolute atomic E-state index is 0.169. The number of halogens is 1. The molecule has 0 aromatic heterocycles. The van der Waals surface area contributed by atoms with Crippen molar-refractivity contribution in [3.8, 4) is 17.2 Å². The van der Waals surface area contributed by atoms with Crippen LogP contribution >= 0.6 is 15.9 Å². The molecule has 0 bridgehead atoms. The Hall–Kier alpha value is -3.38. The fraction of sp³-hybridized carbons (Fsp3) is 0.0833. The Balaban J connectivity index is 1.61. The molecule has 30 heavy (non-hydrogen) atoms. The van der Waals surface area contributed by atoms with Crippen molar-refractivity contribution in [2.45, 2.75) is 0 Å². The fourth-order valence-corrected chi connectivity index (χ4v) is 3.10. The van der Waals surface area contributed by atoms with Crippen LogP contribution in [0.5, 0.6) is 17.2 Å². The molecule has 5 nitrogen and oxygen atoms in total. The molecular weight excluding hydrogens is 448 g/mol. The van der Waals surface area contributed by atoms with Crippen LogP contribution in [0.1, 0.15) is 15.9 Å². The van der Waals surface area contributed by atoms with Crippen LogP contribution in [0.15, 0.2) is 83.3 Å². The van der Waals surface area contributed by atoms with Gasteiger partial charge in [0.2, 0.25) is 0 Å². The van der Waals surface area contributed by atoms with Gasteiger partial charge in [-0.1, -0.05) is 42.5 Å². The summed E-state index contributed by atoms with van der Waals surface area (Å²) >= 11 is 3.39. The summed E-state index contributed by atoms with van der Waals surface area (Å²) < 4.78 is 16.5. The van der Waals surface area contributed by atoms with Gasteiger partial charge < -0.3 is 14.2 Å². The molecule has 152 valence electrons. The van der Waals surface area contributed by atoms with Gasteiger partial charge in [-0.15, -0.1) is 0 Å². The molecule has 3 rings (SSSR count). The van der Waals surface area contributed by atoms with E-state index in [1.165, 1.54) is 13.2 Å². The topological polar surface area (TPSA) is 61.8 Å². The highest BCUT2D eigenvalue weighted by molar-refractivity contribution is 9.10. The smallest absolute Gasteiger partial charge is 0.349 e. The molecular formula is C24H19BrO5. The highest BCUT2D eigenvalue weighted by atomic mass is 79.9. The van der Waals surface area contributed by atoms with Crippen molar-refractivity contribution in [2.75, 3.05) is 13.7 Å².